The van der Waals surface area contributed by atoms with Gasteiger partial charge in [-0.25, -0.2) is 19.2 Å². The van der Waals surface area contributed by atoms with E-state index in [0.29, 0.717) is 0 Å². The van der Waals surface area contributed by atoms with E-state index in [1.807, 2.05) is 91.0 Å². The van der Waals surface area contributed by atoms with Crippen LogP contribution in [0.3, 0.4) is 0 Å². The Morgan fingerprint density at radius 3 is 1.11 bits per heavy atom. The first-order valence-electron chi connectivity index (χ1n) is 21.0. The summed E-state index contributed by atoms with van der Waals surface area (Å²) < 4.78 is 38.2. The number of aliphatic hydroxyl groups excluding tert-OH is 1. The summed E-state index contributed by atoms with van der Waals surface area (Å²) in [6, 6.07) is 60.7. The number of rotatable bonds is 15. The number of carbonyl (C=O) groups excluding carboxylic acids is 4. The molecular formula is C54H44O11. The molecule has 1 fully saturated rings. The molecule has 0 spiro atoms. The summed E-state index contributed by atoms with van der Waals surface area (Å²) in [7, 11) is 0. The minimum absolute atomic E-state index is 0.111. The van der Waals surface area contributed by atoms with E-state index in [0.717, 1.165) is 16.7 Å². The van der Waals surface area contributed by atoms with Crippen LogP contribution in [0.4, 0.5) is 0 Å². The second-order valence-corrected chi connectivity index (χ2v) is 15.1. The molecule has 0 radical (unpaired) electrons. The number of hydrogen-bond acceptors (Lipinski definition) is 11. The topological polar surface area (TPSA) is 144 Å². The van der Waals surface area contributed by atoms with Crippen LogP contribution in [-0.2, 0) is 34.0 Å². The summed E-state index contributed by atoms with van der Waals surface area (Å²) in [5.74, 6) is -3.46. The maximum Gasteiger partial charge on any atom is 0.338 e. The molecule has 1 saturated heterocycles. The molecule has 65 heavy (non-hydrogen) atoms. The van der Waals surface area contributed by atoms with Crippen LogP contribution in [0.5, 0.6) is 0 Å². The second-order valence-electron chi connectivity index (χ2n) is 15.1. The van der Waals surface area contributed by atoms with E-state index < -0.39 is 72.9 Å². The Kier molecular flexibility index (Phi) is 14.0. The van der Waals surface area contributed by atoms with E-state index in [1.54, 1.807) is 84.9 Å². The normalized spacial score (nSPS) is 18.6. The maximum atomic E-state index is 14.2. The molecule has 7 aromatic carbocycles. The van der Waals surface area contributed by atoms with Gasteiger partial charge in [0.2, 0.25) is 0 Å². The summed E-state index contributed by atoms with van der Waals surface area (Å²) in [6.45, 7) is -0.456. The minimum Gasteiger partial charge on any atom is -0.453 e. The van der Waals surface area contributed by atoms with Gasteiger partial charge in [0.1, 0.15) is 11.7 Å². The van der Waals surface area contributed by atoms with Crippen LogP contribution >= 0.6 is 0 Å². The average Bonchev–Trinajstić information content (AvgIpc) is 3.37. The third kappa shape index (κ3) is 10.1. The smallest absolute Gasteiger partial charge is 0.338 e. The fraction of sp³-hybridized carbons (Fsp3) is 0.148. The van der Waals surface area contributed by atoms with Crippen molar-refractivity contribution in [2.75, 3.05) is 6.61 Å². The molecule has 8 rings (SSSR count). The minimum atomic E-state index is -2.03. The van der Waals surface area contributed by atoms with Crippen molar-refractivity contribution in [1.82, 2.24) is 0 Å². The zero-order chi connectivity index (χ0) is 45.0. The van der Waals surface area contributed by atoms with Gasteiger partial charge < -0.3 is 33.5 Å². The Hall–Kier alpha value is -7.70. The lowest BCUT2D eigenvalue weighted by Crippen LogP contribution is -2.65. The molecule has 1 heterocycles. The zero-order valence-corrected chi connectivity index (χ0v) is 34.9. The lowest BCUT2D eigenvalue weighted by molar-refractivity contribution is -0.297. The van der Waals surface area contributed by atoms with E-state index in [-0.39, 0.29) is 22.3 Å². The van der Waals surface area contributed by atoms with Crippen molar-refractivity contribution < 1.29 is 52.7 Å². The van der Waals surface area contributed by atoms with E-state index >= 15 is 0 Å². The fourth-order valence-corrected chi connectivity index (χ4v) is 7.79. The van der Waals surface area contributed by atoms with Crippen LogP contribution in [0.15, 0.2) is 212 Å². The number of hydrogen-bond donors (Lipinski definition) is 1. The first-order chi connectivity index (χ1) is 31.8. The van der Waals surface area contributed by atoms with Gasteiger partial charge in [-0.3, -0.25) is 0 Å². The van der Waals surface area contributed by atoms with Gasteiger partial charge in [0.15, 0.2) is 30.7 Å². The van der Waals surface area contributed by atoms with Gasteiger partial charge in [0.05, 0.1) is 28.9 Å². The van der Waals surface area contributed by atoms with Crippen molar-refractivity contribution in [3.05, 3.63) is 251 Å². The van der Waals surface area contributed by atoms with Crippen LogP contribution in [-0.4, -0.2) is 72.4 Å². The van der Waals surface area contributed by atoms with Gasteiger partial charge in [-0.05, 0) is 65.2 Å². The van der Waals surface area contributed by atoms with Gasteiger partial charge in [0, 0.05) is 0 Å². The molecular weight excluding hydrogens is 825 g/mol. The molecule has 0 aromatic heterocycles. The highest BCUT2D eigenvalue weighted by molar-refractivity contribution is 5.91. The predicted molar refractivity (Wildman–Crippen MR) is 239 cm³/mol. The van der Waals surface area contributed by atoms with E-state index in [2.05, 4.69) is 0 Å². The van der Waals surface area contributed by atoms with E-state index in [4.69, 9.17) is 28.4 Å². The number of carbonyl (C=O) groups is 4. The van der Waals surface area contributed by atoms with E-state index in [9.17, 15) is 24.3 Å². The summed E-state index contributed by atoms with van der Waals surface area (Å²) in [6.07, 6.45) is -10.4. The molecule has 0 saturated carbocycles. The first-order valence-corrected chi connectivity index (χ1v) is 21.0. The largest absolute Gasteiger partial charge is 0.453 e. The summed E-state index contributed by atoms with van der Waals surface area (Å²) in [4.78, 5) is 56.2. The molecule has 7 aromatic rings. The molecule has 1 aliphatic rings. The number of ether oxygens (including phenoxy) is 6. The quantitative estimate of drug-likeness (QED) is 0.0601. The third-order valence-electron chi connectivity index (χ3n) is 10.9. The molecule has 1 N–H and O–H groups in total. The summed E-state index contributed by atoms with van der Waals surface area (Å²) in [5, 5.41) is 12.0. The van der Waals surface area contributed by atoms with Crippen LogP contribution in [0.2, 0.25) is 0 Å². The number of aliphatic hydroxyl groups is 1. The van der Waals surface area contributed by atoms with Crippen LogP contribution in [0, 0.1) is 0 Å². The molecule has 0 amide bonds. The van der Waals surface area contributed by atoms with Crippen LogP contribution in [0.25, 0.3) is 0 Å². The zero-order valence-electron chi connectivity index (χ0n) is 34.9. The van der Waals surface area contributed by atoms with Crippen molar-refractivity contribution >= 4 is 23.9 Å². The monoisotopic (exact) mass is 868 g/mol. The van der Waals surface area contributed by atoms with Gasteiger partial charge >= 0.3 is 23.9 Å². The van der Waals surface area contributed by atoms with E-state index in [1.165, 1.54) is 36.4 Å². The van der Waals surface area contributed by atoms with Crippen LogP contribution in [0.1, 0.15) is 58.1 Å². The summed E-state index contributed by atoms with van der Waals surface area (Å²) in [5.41, 5.74) is 1.36. The van der Waals surface area contributed by atoms with Crippen molar-refractivity contribution in [2.24, 2.45) is 0 Å². The Morgan fingerprint density at radius 2 is 0.738 bits per heavy atom. The second kappa shape index (κ2) is 20.7. The molecule has 326 valence electrons. The molecule has 11 nitrogen and oxygen atoms in total. The van der Waals surface area contributed by atoms with Crippen LogP contribution < -0.4 is 0 Å². The summed E-state index contributed by atoms with van der Waals surface area (Å²) >= 11 is 0. The Balaban J connectivity index is 1.27. The van der Waals surface area contributed by atoms with Gasteiger partial charge in [-0.2, -0.15) is 0 Å². The molecule has 0 aliphatic carbocycles. The molecule has 1 aliphatic heterocycles. The van der Waals surface area contributed by atoms with Crippen molar-refractivity contribution in [1.29, 1.82) is 0 Å². The Bertz CT molecular complexity index is 2540. The molecule has 0 bridgehead atoms. The standard InChI is InChI=1S/C54H44O11/c55-49(37-22-8-1-9-23-37)61-44(36-60-54(41-30-16-5-17-31-41,42-32-18-6-19-33-42)43-34-20-7-21-35-43)45-46(63-50(56)38-24-10-2-11-25-38)47(64-51(57)39-26-12-3-13-27-39)48(53(59)62-45)65-52(58)40-28-14-4-15-29-40/h1-35,44-48,53,59H,36H2/t44-,45-,46-,47+,48+,53?/m1/s1. The lowest BCUT2D eigenvalue weighted by Gasteiger charge is -2.45. The lowest BCUT2D eigenvalue weighted by atomic mass is 9.80. The first kappa shape index (κ1) is 43.9. The number of esters is 4. The van der Waals surface area contributed by atoms with Crippen molar-refractivity contribution in [3.8, 4) is 0 Å². The highest BCUT2D eigenvalue weighted by Gasteiger charge is 2.56. The average molecular weight is 869 g/mol. The Labute approximate surface area is 375 Å². The molecule has 11 heteroatoms. The Morgan fingerprint density at radius 1 is 0.431 bits per heavy atom. The SMILES string of the molecule is O=C(O[C@H]1[C@H](OC(=O)c2ccccc2)[C@H](OC(=O)c2ccccc2)C(O)O[C@@H]1[C@@H](COC(c1ccccc1)(c1ccccc1)c1ccccc1)OC(=O)c1ccccc1)c1ccccc1. The van der Waals surface area contributed by atoms with Gasteiger partial charge in [0.25, 0.3) is 0 Å². The van der Waals surface area contributed by atoms with Gasteiger partial charge in [-0.15, -0.1) is 0 Å². The van der Waals surface area contributed by atoms with Gasteiger partial charge in [-0.1, -0.05) is 164 Å². The van der Waals surface area contributed by atoms with Crippen molar-refractivity contribution in [2.45, 2.75) is 42.4 Å². The predicted octanol–water partition coefficient (Wildman–Crippen LogP) is 8.61. The highest BCUT2D eigenvalue weighted by Crippen LogP contribution is 2.42. The third-order valence-corrected chi connectivity index (χ3v) is 10.9. The molecule has 1 unspecified atom stereocenters. The maximum absolute atomic E-state index is 14.2. The number of benzene rings is 7. The highest BCUT2D eigenvalue weighted by atomic mass is 16.7. The molecule has 6 atom stereocenters. The van der Waals surface area contributed by atoms with Crippen molar-refractivity contribution in [3.63, 3.8) is 0 Å². The fourth-order valence-electron chi connectivity index (χ4n) is 7.79.